The number of anilines is 1. The van der Waals surface area contributed by atoms with E-state index in [0.717, 1.165) is 42.1 Å². The largest absolute Gasteiger partial charge is 0.357 e. The first-order valence-electron chi connectivity index (χ1n) is 9.76. The summed E-state index contributed by atoms with van der Waals surface area (Å²) in [7, 11) is 6.31. The summed E-state index contributed by atoms with van der Waals surface area (Å²) in [6.07, 6.45) is 6.20. The number of likely N-dealkylation sites (tertiary alicyclic amines) is 1. The number of rotatable bonds is 6. The van der Waals surface area contributed by atoms with Gasteiger partial charge in [-0.25, -0.2) is 9.97 Å². The molecule has 1 fully saturated rings. The van der Waals surface area contributed by atoms with E-state index in [1.54, 1.807) is 0 Å². The maximum Gasteiger partial charge on any atom is 0.163 e. The number of fused-ring (bicyclic) bond motifs is 1. The third kappa shape index (κ3) is 3.81. The lowest BCUT2D eigenvalue weighted by molar-refractivity contribution is 0.314. The molecule has 0 spiro atoms. The van der Waals surface area contributed by atoms with Crippen molar-refractivity contribution in [3.8, 4) is 0 Å². The van der Waals surface area contributed by atoms with Crippen molar-refractivity contribution in [2.45, 2.75) is 31.7 Å². The van der Waals surface area contributed by atoms with Crippen molar-refractivity contribution in [1.29, 1.82) is 0 Å². The van der Waals surface area contributed by atoms with Gasteiger partial charge in [0, 0.05) is 33.1 Å². The molecule has 0 N–H and O–H groups in total. The highest BCUT2D eigenvalue weighted by atomic mass is 15.3. The van der Waals surface area contributed by atoms with Crippen LogP contribution in [0.15, 0.2) is 36.5 Å². The Bertz CT molecular complexity index is 904. The summed E-state index contributed by atoms with van der Waals surface area (Å²) in [6.45, 7) is 2.17. The van der Waals surface area contributed by atoms with Crippen LogP contribution in [-0.4, -0.2) is 57.9 Å². The van der Waals surface area contributed by atoms with Crippen molar-refractivity contribution < 1.29 is 0 Å². The monoisotopic (exact) mass is 364 g/mol. The fourth-order valence-corrected chi connectivity index (χ4v) is 3.97. The molecule has 4 rings (SSSR count). The Balaban J connectivity index is 1.60. The Kier molecular flexibility index (Phi) is 5.07. The molecule has 0 radical (unpaired) electrons. The highest BCUT2D eigenvalue weighted by Gasteiger charge is 2.24. The average Bonchev–Trinajstić information content (AvgIpc) is 3.26. The van der Waals surface area contributed by atoms with E-state index in [-0.39, 0.29) is 0 Å². The predicted octanol–water partition coefficient (Wildman–Crippen LogP) is 2.68. The molecule has 2 aromatic heterocycles. The van der Waals surface area contributed by atoms with Gasteiger partial charge in [-0.15, -0.1) is 0 Å². The molecule has 0 unspecified atom stereocenters. The average molecular weight is 364 g/mol. The van der Waals surface area contributed by atoms with E-state index in [4.69, 9.17) is 9.97 Å². The van der Waals surface area contributed by atoms with Crippen LogP contribution < -0.4 is 4.90 Å². The van der Waals surface area contributed by atoms with Crippen molar-refractivity contribution in [1.82, 2.24) is 24.6 Å². The van der Waals surface area contributed by atoms with E-state index in [2.05, 4.69) is 59.3 Å². The van der Waals surface area contributed by atoms with E-state index < -0.39 is 0 Å². The molecule has 1 aliphatic heterocycles. The zero-order valence-corrected chi connectivity index (χ0v) is 16.5. The summed E-state index contributed by atoms with van der Waals surface area (Å²) >= 11 is 0. The Morgan fingerprint density at radius 3 is 2.67 bits per heavy atom. The molecule has 1 saturated heterocycles. The molecule has 6 nitrogen and oxygen atoms in total. The van der Waals surface area contributed by atoms with E-state index in [1.807, 2.05) is 17.9 Å². The normalized spacial score (nSPS) is 17.7. The molecule has 0 saturated carbocycles. The summed E-state index contributed by atoms with van der Waals surface area (Å²) in [5, 5.41) is 5.45. The SMILES string of the molecule is CN(C[C@@H]1CCCN1C)c1nc(CCc2ccccc2)nc2c1cnn2C. The first-order valence-corrected chi connectivity index (χ1v) is 9.76. The minimum atomic E-state index is 0.587. The van der Waals surface area contributed by atoms with Crippen LogP contribution in [0.1, 0.15) is 24.2 Å². The zero-order valence-electron chi connectivity index (χ0n) is 16.5. The molecule has 142 valence electrons. The zero-order chi connectivity index (χ0) is 18.8. The first-order chi connectivity index (χ1) is 13.1. The quantitative estimate of drug-likeness (QED) is 0.673. The predicted molar refractivity (Wildman–Crippen MR) is 109 cm³/mol. The fourth-order valence-electron chi connectivity index (χ4n) is 3.97. The maximum absolute atomic E-state index is 4.94. The first kappa shape index (κ1) is 17.9. The Hall–Kier alpha value is -2.47. The number of aryl methyl sites for hydroxylation is 3. The smallest absolute Gasteiger partial charge is 0.163 e. The number of nitrogens with zero attached hydrogens (tertiary/aromatic N) is 6. The molecule has 1 atom stereocenters. The Morgan fingerprint density at radius 2 is 1.93 bits per heavy atom. The highest BCUT2D eigenvalue weighted by molar-refractivity contribution is 5.86. The molecule has 0 amide bonds. The molecule has 1 aliphatic rings. The van der Waals surface area contributed by atoms with Gasteiger partial charge < -0.3 is 9.80 Å². The van der Waals surface area contributed by atoms with Crippen LogP contribution in [0, 0.1) is 0 Å². The van der Waals surface area contributed by atoms with Gasteiger partial charge in [0.1, 0.15) is 11.6 Å². The van der Waals surface area contributed by atoms with E-state index >= 15 is 0 Å². The third-order valence-corrected chi connectivity index (χ3v) is 5.62. The molecule has 3 heterocycles. The van der Waals surface area contributed by atoms with Gasteiger partial charge in [-0.2, -0.15) is 5.10 Å². The molecule has 1 aromatic carbocycles. The number of hydrogen-bond acceptors (Lipinski definition) is 5. The van der Waals surface area contributed by atoms with Gasteiger partial charge in [0.25, 0.3) is 0 Å². The van der Waals surface area contributed by atoms with Gasteiger partial charge in [-0.1, -0.05) is 30.3 Å². The number of benzene rings is 1. The van der Waals surface area contributed by atoms with Crippen molar-refractivity contribution in [2.24, 2.45) is 7.05 Å². The lowest BCUT2D eigenvalue weighted by Crippen LogP contribution is -2.37. The van der Waals surface area contributed by atoms with Gasteiger partial charge >= 0.3 is 0 Å². The van der Waals surface area contributed by atoms with Crippen LogP contribution in [0.3, 0.4) is 0 Å². The number of aromatic nitrogens is 4. The fraction of sp³-hybridized carbons (Fsp3) is 0.476. The van der Waals surface area contributed by atoms with Crippen LogP contribution in [-0.2, 0) is 19.9 Å². The molecule has 0 bridgehead atoms. The summed E-state index contributed by atoms with van der Waals surface area (Å²) in [4.78, 5) is 14.5. The van der Waals surface area contributed by atoms with Crippen molar-refractivity contribution in [3.05, 3.63) is 47.9 Å². The summed E-state index contributed by atoms with van der Waals surface area (Å²) in [5.41, 5.74) is 2.23. The van der Waals surface area contributed by atoms with Crippen LogP contribution in [0.2, 0.25) is 0 Å². The highest BCUT2D eigenvalue weighted by Crippen LogP contribution is 2.25. The minimum Gasteiger partial charge on any atom is -0.357 e. The van der Waals surface area contributed by atoms with Crippen LogP contribution in [0.4, 0.5) is 5.82 Å². The second-order valence-corrected chi connectivity index (χ2v) is 7.61. The summed E-state index contributed by atoms with van der Waals surface area (Å²) < 4.78 is 1.85. The summed E-state index contributed by atoms with van der Waals surface area (Å²) in [5.74, 6) is 1.88. The Morgan fingerprint density at radius 1 is 1.11 bits per heavy atom. The third-order valence-electron chi connectivity index (χ3n) is 5.62. The van der Waals surface area contributed by atoms with Gasteiger partial charge in [0.2, 0.25) is 0 Å². The lowest BCUT2D eigenvalue weighted by Gasteiger charge is -2.27. The molecular weight excluding hydrogens is 336 g/mol. The topological polar surface area (TPSA) is 50.1 Å². The van der Waals surface area contributed by atoms with E-state index in [1.165, 1.54) is 24.9 Å². The molecule has 0 aliphatic carbocycles. The lowest BCUT2D eigenvalue weighted by atomic mass is 10.1. The van der Waals surface area contributed by atoms with Gasteiger partial charge in [0.15, 0.2) is 5.65 Å². The second-order valence-electron chi connectivity index (χ2n) is 7.61. The van der Waals surface area contributed by atoms with E-state index in [0.29, 0.717) is 6.04 Å². The second kappa shape index (κ2) is 7.64. The number of likely N-dealkylation sites (N-methyl/N-ethyl adjacent to an activating group) is 2. The van der Waals surface area contributed by atoms with Crippen molar-refractivity contribution in [3.63, 3.8) is 0 Å². The van der Waals surface area contributed by atoms with E-state index in [9.17, 15) is 0 Å². The van der Waals surface area contributed by atoms with Crippen molar-refractivity contribution in [2.75, 3.05) is 32.1 Å². The molecule has 27 heavy (non-hydrogen) atoms. The minimum absolute atomic E-state index is 0.587. The van der Waals surface area contributed by atoms with Gasteiger partial charge in [-0.05, 0) is 38.4 Å². The van der Waals surface area contributed by atoms with Gasteiger partial charge in [0.05, 0.1) is 11.6 Å². The molecular formula is C21H28N6. The maximum atomic E-state index is 4.94. The van der Waals surface area contributed by atoms with Crippen molar-refractivity contribution >= 4 is 16.9 Å². The number of hydrogen-bond donors (Lipinski definition) is 0. The molecule has 3 aromatic rings. The standard InChI is InChI=1S/C21H28N6/c1-25-13-7-10-17(25)15-26(2)20-18-14-22-27(3)21(18)24-19(23-20)12-11-16-8-5-4-6-9-16/h4-6,8-9,14,17H,7,10-13,15H2,1-3H3/t17-/m0/s1. The summed E-state index contributed by atoms with van der Waals surface area (Å²) in [6, 6.07) is 11.1. The van der Waals surface area contributed by atoms with Crippen LogP contribution in [0.25, 0.3) is 11.0 Å². The molecule has 6 heteroatoms. The Labute approximate surface area is 160 Å². The van der Waals surface area contributed by atoms with Gasteiger partial charge in [-0.3, -0.25) is 4.68 Å². The van der Waals surface area contributed by atoms with Crippen LogP contribution >= 0.6 is 0 Å². The van der Waals surface area contributed by atoms with Crippen LogP contribution in [0.5, 0.6) is 0 Å².